The van der Waals surface area contributed by atoms with Crippen molar-refractivity contribution < 1.29 is 5.11 Å². The largest absolute Gasteiger partial charge is 0.392 e. The van der Waals surface area contributed by atoms with E-state index in [1.54, 1.807) is 11.3 Å². The van der Waals surface area contributed by atoms with Gasteiger partial charge < -0.3 is 10.4 Å². The molecule has 3 nitrogen and oxygen atoms in total. The molecule has 1 aromatic heterocycles. The van der Waals surface area contributed by atoms with Crippen LogP contribution in [0.1, 0.15) is 24.0 Å². The van der Waals surface area contributed by atoms with Gasteiger partial charge in [0.1, 0.15) is 5.01 Å². The highest BCUT2D eigenvalue weighted by molar-refractivity contribution is 7.09. The molecule has 0 aliphatic rings. The van der Waals surface area contributed by atoms with Gasteiger partial charge in [-0.05, 0) is 13.3 Å². The molecule has 1 aromatic rings. The van der Waals surface area contributed by atoms with E-state index in [-0.39, 0.29) is 6.10 Å². The number of thiazole rings is 1. The van der Waals surface area contributed by atoms with Gasteiger partial charge in [0.15, 0.2) is 0 Å². The average Bonchev–Trinajstić information content (AvgIpc) is 2.51. The van der Waals surface area contributed by atoms with Crippen LogP contribution in [0.5, 0.6) is 0 Å². The standard InChI is InChI=1S/C9H16N2OS/c1-3-8(12)4-10-5-9-11-7(2)6-13-9/h6,8,10,12H,3-5H2,1-2H3/t8-/m0/s1. The summed E-state index contributed by atoms with van der Waals surface area (Å²) in [6.45, 7) is 5.37. The van der Waals surface area contributed by atoms with Crippen LogP contribution in [0.4, 0.5) is 0 Å². The maximum atomic E-state index is 9.26. The molecular formula is C9H16N2OS. The van der Waals surface area contributed by atoms with Crippen LogP contribution in [0.25, 0.3) is 0 Å². The van der Waals surface area contributed by atoms with Crippen molar-refractivity contribution in [1.82, 2.24) is 10.3 Å². The van der Waals surface area contributed by atoms with Gasteiger partial charge in [-0.25, -0.2) is 4.98 Å². The van der Waals surface area contributed by atoms with Gasteiger partial charge in [0.05, 0.1) is 6.10 Å². The van der Waals surface area contributed by atoms with E-state index in [9.17, 15) is 5.11 Å². The third kappa shape index (κ3) is 3.85. The molecule has 0 saturated heterocycles. The highest BCUT2D eigenvalue weighted by atomic mass is 32.1. The predicted octanol–water partition coefficient (Wildman–Crippen LogP) is 1.31. The number of aromatic nitrogens is 1. The molecular weight excluding hydrogens is 184 g/mol. The lowest BCUT2D eigenvalue weighted by Gasteiger charge is -2.07. The van der Waals surface area contributed by atoms with Crippen molar-refractivity contribution in [2.75, 3.05) is 6.54 Å². The second kappa shape index (κ2) is 5.32. The SMILES string of the molecule is CC[C@H](O)CNCc1nc(C)cs1. The summed E-state index contributed by atoms with van der Waals surface area (Å²) in [6, 6.07) is 0. The Bertz CT molecular complexity index is 250. The molecule has 1 heterocycles. The van der Waals surface area contributed by atoms with Gasteiger partial charge in [-0.3, -0.25) is 0 Å². The Morgan fingerprint density at radius 2 is 2.46 bits per heavy atom. The zero-order valence-electron chi connectivity index (χ0n) is 8.08. The van der Waals surface area contributed by atoms with E-state index in [1.807, 2.05) is 19.2 Å². The number of aliphatic hydroxyl groups is 1. The molecule has 0 unspecified atom stereocenters. The lowest BCUT2D eigenvalue weighted by Crippen LogP contribution is -2.25. The predicted molar refractivity (Wildman–Crippen MR) is 54.9 cm³/mol. The third-order valence-corrected chi connectivity index (χ3v) is 2.76. The molecule has 4 heteroatoms. The Morgan fingerprint density at radius 3 is 3.00 bits per heavy atom. The second-order valence-corrected chi connectivity index (χ2v) is 4.02. The lowest BCUT2D eigenvalue weighted by molar-refractivity contribution is 0.167. The summed E-state index contributed by atoms with van der Waals surface area (Å²) >= 11 is 1.65. The molecule has 0 radical (unpaired) electrons. The smallest absolute Gasteiger partial charge is 0.107 e. The fourth-order valence-corrected chi connectivity index (χ4v) is 1.72. The van der Waals surface area contributed by atoms with Crippen molar-refractivity contribution in [2.45, 2.75) is 32.9 Å². The van der Waals surface area contributed by atoms with Crippen molar-refractivity contribution in [3.63, 3.8) is 0 Å². The van der Waals surface area contributed by atoms with Crippen molar-refractivity contribution >= 4 is 11.3 Å². The van der Waals surface area contributed by atoms with Crippen molar-refractivity contribution in [2.24, 2.45) is 0 Å². The Kier molecular flexibility index (Phi) is 4.35. The monoisotopic (exact) mass is 200 g/mol. The van der Waals surface area contributed by atoms with Gasteiger partial charge in [-0.15, -0.1) is 11.3 Å². The minimum absolute atomic E-state index is 0.235. The van der Waals surface area contributed by atoms with Crippen LogP contribution < -0.4 is 5.32 Å². The number of nitrogens with one attached hydrogen (secondary N) is 1. The normalized spacial score (nSPS) is 13.2. The first-order chi connectivity index (χ1) is 6.22. The maximum absolute atomic E-state index is 9.26. The maximum Gasteiger partial charge on any atom is 0.107 e. The summed E-state index contributed by atoms with van der Waals surface area (Å²) < 4.78 is 0. The molecule has 0 fully saturated rings. The zero-order chi connectivity index (χ0) is 9.68. The van der Waals surface area contributed by atoms with E-state index in [2.05, 4.69) is 10.3 Å². The summed E-state index contributed by atoms with van der Waals surface area (Å²) in [5.41, 5.74) is 1.07. The number of hydrogen-bond donors (Lipinski definition) is 2. The van der Waals surface area contributed by atoms with Gasteiger partial charge in [0.25, 0.3) is 0 Å². The first-order valence-corrected chi connectivity index (χ1v) is 5.40. The lowest BCUT2D eigenvalue weighted by atomic mass is 10.3. The molecule has 1 atom stereocenters. The summed E-state index contributed by atoms with van der Waals surface area (Å²) in [4.78, 5) is 4.31. The Labute approximate surface area is 82.8 Å². The number of hydrogen-bond acceptors (Lipinski definition) is 4. The Morgan fingerprint density at radius 1 is 1.69 bits per heavy atom. The molecule has 74 valence electrons. The summed E-state index contributed by atoms with van der Waals surface area (Å²) in [7, 11) is 0. The van der Waals surface area contributed by atoms with Crippen LogP contribution in [-0.4, -0.2) is 22.7 Å². The van der Waals surface area contributed by atoms with Crippen LogP contribution in [0.3, 0.4) is 0 Å². The topological polar surface area (TPSA) is 45.1 Å². The average molecular weight is 200 g/mol. The number of nitrogens with zero attached hydrogens (tertiary/aromatic N) is 1. The number of rotatable bonds is 5. The molecule has 0 aliphatic carbocycles. The van der Waals surface area contributed by atoms with Crippen LogP contribution in [-0.2, 0) is 6.54 Å². The van der Waals surface area contributed by atoms with Gasteiger partial charge in [0.2, 0.25) is 0 Å². The molecule has 1 rings (SSSR count). The summed E-state index contributed by atoms with van der Waals surface area (Å²) in [5.74, 6) is 0. The number of aliphatic hydroxyl groups excluding tert-OH is 1. The minimum atomic E-state index is -0.235. The summed E-state index contributed by atoms with van der Waals surface area (Å²) in [5, 5.41) is 15.5. The Hall–Kier alpha value is -0.450. The van der Waals surface area contributed by atoms with E-state index in [1.165, 1.54) is 0 Å². The van der Waals surface area contributed by atoms with Gasteiger partial charge >= 0.3 is 0 Å². The number of aryl methyl sites for hydroxylation is 1. The van der Waals surface area contributed by atoms with Crippen LogP contribution in [0, 0.1) is 6.92 Å². The molecule has 0 aromatic carbocycles. The minimum Gasteiger partial charge on any atom is -0.392 e. The van der Waals surface area contributed by atoms with E-state index in [4.69, 9.17) is 0 Å². The third-order valence-electron chi connectivity index (χ3n) is 1.79. The van der Waals surface area contributed by atoms with Crippen molar-refractivity contribution in [1.29, 1.82) is 0 Å². The van der Waals surface area contributed by atoms with Crippen molar-refractivity contribution in [3.8, 4) is 0 Å². The first-order valence-electron chi connectivity index (χ1n) is 4.52. The summed E-state index contributed by atoms with van der Waals surface area (Å²) in [6.07, 6.45) is 0.560. The zero-order valence-corrected chi connectivity index (χ0v) is 8.90. The molecule has 0 aliphatic heterocycles. The Balaban J connectivity index is 2.20. The highest BCUT2D eigenvalue weighted by Crippen LogP contribution is 2.07. The second-order valence-electron chi connectivity index (χ2n) is 3.08. The van der Waals surface area contributed by atoms with Gasteiger partial charge in [0, 0.05) is 24.2 Å². The van der Waals surface area contributed by atoms with Gasteiger partial charge in [-0.2, -0.15) is 0 Å². The molecule has 0 saturated carbocycles. The van der Waals surface area contributed by atoms with Gasteiger partial charge in [-0.1, -0.05) is 6.92 Å². The van der Waals surface area contributed by atoms with E-state index in [0.29, 0.717) is 6.54 Å². The molecule has 0 spiro atoms. The van der Waals surface area contributed by atoms with Crippen LogP contribution >= 0.6 is 11.3 Å². The first kappa shape index (κ1) is 10.6. The molecule has 13 heavy (non-hydrogen) atoms. The quantitative estimate of drug-likeness (QED) is 0.753. The van der Waals surface area contributed by atoms with E-state index in [0.717, 1.165) is 23.7 Å². The van der Waals surface area contributed by atoms with Crippen LogP contribution in [0.15, 0.2) is 5.38 Å². The highest BCUT2D eigenvalue weighted by Gasteiger charge is 2.01. The molecule has 0 amide bonds. The van der Waals surface area contributed by atoms with Crippen molar-refractivity contribution in [3.05, 3.63) is 16.1 Å². The van der Waals surface area contributed by atoms with Crippen LogP contribution in [0.2, 0.25) is 0 Å². The van der Waals surface area contributed by atoms with E-state index < -0.39 is 0 Å². The fraction of sp³-hybridized carbons (Fsp3) is 0.667. The molecule has 2 N–H and O–H groups in total. The molecule has 0 bridgehead atoms. The van der Waals surface area contributed by atoms with E-state index >= 15 is 0 Å². The fourth-order valence-electron chi connectivity index (χ4n) is 0.974.